The Morgan fingerprint density at radius 1 is 1.21 bits per heavy atom. The summed E-state index contributed by atoms with van der Waals surface area (Å²) in [5.41, 5.74) is 0.408. The van der Waals surface area contributed by atoms with E-state index in [1.54, 1.807) is 0 Å². The van der Waals surface area contributed by atoms with Crippen molar-refractivity contribution < 1.29 is 27.1 Å². The number of rotatable bonds is 4. The van der Waals surface area contributed by atoms with E-state index < -0.39 is 12.1 Å². The first kappa shape index (κ1) is 13.5. The molecule has 4 nitrogen and oxygen atoms in total. The van der Waals surface area contributed by atoms with Gasteiger partial charge < -0.3 is 13.9 Å². The second kappa shape index (κ2) is 5.40. The van der Waals surface area contributed by atoms with Crippen molar-refractivity contribution in [3.8, 4) is 17.6 Å². The molecule has 0 saturated heterocycles. The third-order valence-corrected chi connectivity index (χ3v) is 2.21. The second-order valence-corrected chi connectivity index (χ2v) is 3.60. The van der Waals surface area contributed by atoms with Crippen LogP contribution in [0.3, 0.4) is 0 Å². The molecule has 102 valence electrons. The summed E-state index contributed by atoms with van der Waals surface area (Å²) in [5, 5.41) is 0. The zero-order chi connectivity index (χ0) is 13.9. The molecule has 8 heteroatoms. The number of aromatic nitrogens is 1. The standard InChI is InChI=1S/C11H7ClF3NO3/c12-5-7-6-17-10(16-7)18-8-3-1-2-4-9(8)19-11(13,14)15/h1-4,6H,5H2. The van der Waals surface area contributed by atoms with Crippen LogP contribution in [0, 0.1) is 0 Å². The van der Waals surface area contributed by atoms with Crippen LogP contribution in [0.5, 0.6) is 17.6 Å². The van der Waals surface area contributed by atoms with Crippen molar-refractivity contribution in [2.75, 3.05) is 0 Å². The first-order chi connectivity index (χ1) is 8.98. The van der Waals surface area contributed by atoms with Gasteiger partial charge in [-0.25, -0.2) is 0 Å². The Morgan fingerprint density at radius 3 is 2.47 bits per heavy atom. The maximum absolute atomic E-state index is 12.2. The number of benzene rings is 1. The van der Waals surface area contributed by atoms with Gasteiger partial charge in [-0.3, -0.25) is 0 Å². The van der Waals surface area contributed by atoms with E-state index in [4.69, 9.17) is 20.8 Å². The van der Waals surface area contributed by atoms with E-state index in [1.165, 1.54) is 24.5 Å². The minimum absolute atomic E-state index is 0.105. The van der Waals surface area contributed by atoms with Crippen LogP contribution in [-0.4, -0.2) is 11.3 Å². The van der Waals surface area contributed by atoms with Crippen LogP contribution in [0.25, 0.3) is 0 Å². The summed E-state index contributed by atoms with van der Waals surface area (Å²) in [5.74, 6) is -0.545. The number of hydrogen-bond acceptors (Lipinski definition) is 4. The quantitative estimate of drug-likeness (QED) is 0.796. The Kier molecular flexibility index (Phi) is 3.84. The molecule has 0 bridgehead atoms. The highest BCUT2D eigenvalue weighted by molar-refractivity contribution is 6.16. The molecule has 19 heavy (non-hydrogen) atoms. The maximum atomic E-state index is 12.2. The van der Waals surface area contributed by atoms with E-state index in [1.807, 2.05) is 0 Å². The highest BCUT2D eigenvalue weighted by atomic mass is 35.5. The second-order valence-electron chi connectivity index (χ2n) is 3.33. The van der Waals surface area contributed by atoms with Gasteiger partial charge in [-0.2, -0.15) is 4.98 Å². The van der Waals surface area contributed by atoms with Crippen LogP contribution in [0.1, 0.15) is 5.69 Å². The van der Waals surface area contributed by atoms with Crippen LogP contribution in [0.15, 0.2) is 34.9 Å². The molecule has 0 N–H and O–H groups in total. The van der Waals surface area contributed by atoms with Gasteiger partial charge in [-0.05, 0) is 12.1 Å². The molecule has 0 unspecified atom stereocenters. The van der Waals surface area contributed by atoms with E-state index in [0.717, 1.165) is 6.07 Å². The van der Waals surface area contributed by atoms with Gasteiger partial charge in [0.15, 0.2) is 11.5 Å². The lowest BCUT2D eigenvalue weighted by molar-refractivity contribution is -0.275. The third-order valence-electron chi connectivity index (χ3n) is 1.94. The van der Waals surface area contributed by atoms with E-state index in [9.17, 15) is 13.2 Å². The molecular weight excluding hydrogens is 287 g/mol. The van der Waals surface area contributed by atoms with Gasteiger partial charge in [0.05, 0.1) is 11.6 Å². The molecule has 0 aliphatic carbocycles. The van der Waals surface area contributed by atoms with Crippen molar-refractivity contribution in [3.05, 3.63) is 36.2 Å². The summed E-state index contributed by atoms with van der Waals surface area (Å²) in [4.78, 5) is 3.80. The molecule has 0 aliphatic heterocycles. The Bertz CT molecular complexity index is 556. The Morgan fingerprint density at radius 2 is 1.89 bits per heavy atom. The largest absolute Gasteiger partial charge is 0.573 e. The lowest BCUT2D eigenvalue weighted by atomic mass is 10.3. The van der Waals surface area contributed by atoms with Gasteiger partial charge in [-0.15, -0.1) is 24.8 Å². The Labute approximate surface area is 110 Å². The fourth-order valence-electron chi connectivity index (χ4n) is 1.23. The molecule has 0 atom stereocenters. The van der Waals surface area contributed by atoms with Crippen LogP contribution in [0.4, 0.5) is 13.2 Å². The minimum Gasteiger partial charge on any atom is -0.417 e. The normalized spacial score (nSPS) is 11.4. The van der Waals surface area contributed by atoms with E-state index in [-0.39, 0.29) is 17.7 Å². The number of halogens is 4. The lowest BCUT2D eigenvalue weighted by Crippen LogP contribution is -2.17. The molecular formula is C11H7ClF3NO3. The average Bonchev–Trinajstić information content (AvgIpc) is 2.78. The first-order valence-electron chi connectivity index (χ1n) is 5.01. The predicted octanol–water partition coefficient (Wildman–Crippen LogP) is 4.10. The first-order valence-corrected chi connectivity index (χ1v) is 5.54. The smallest absolute Gasteiger partial charge is 0.417 e. The summed E-state index contributed by atoms with van der Waals surface area (Å²) in [6, 6.07) is 5.29. The Balaban J connectivity index is 2.20. The highest BCUT2D eigenvalue weighted by Crippen LogP contribution is 2.34. The van der Waals surface area contributed by atoms with Crippen LogP contribution < -0.4 is 9.47 Å². The van der Waals surface area contributed by atoms with Crippen LogP contribution >= 0.6 is 11.6 Å². The average molecular weight is 294 g/mol. The SMILES string of the molecule is FC(F)(F)Oc1ccccc1Oc1nc(CCl)co1. The molecule has 1 heterocycles. The van der Waals surface area contributed by atoms with Gasteiger partial charge in [0, 0.05) is 0 Å². The maximum Gasteiger partial charge on any atom is 0.573 e. The number of alkyl halides is 4. The Hall–Kier alpha value is -1.89. The number of hydrogen-bond donors (Lipinski definition) is 0. The number of oxazole rings is 1. The monoisotopic (exact) mass is 293 g/mol. The lowest BCUT2D eigenvalue weighted by Gasteiger charge is -2.11. The molecule has 0 amide bonds. The molecule has 0 fully saturated rings. The van der Waals surface area contributed by atoms with Gasteiger partial charge in [0.1, 0.15) is 6.26 Å². The van der Waals surface area contributed by atoms with E-state index >= 15 is 0 Å². The summed E-state index contributed by atoms with van der Waals surface area (Å²) in [7, 11) is 0. The van der Waals surface area contributed by atoms with E-state index in [2.05, 4.69) is 9.72 Å². The molecule has 1 aromatic carbocycles. The predicted molar refractivity (Wildman–Crippen MR) is 59.3 cm³/mol. The van der Waals surface area contributed by atoms with Crippen molar-refractivity contribution in [2.45, 2.75) is 12.2 Å². The van der Waals surface area contributed by atoms with Crippen LogP contribution in [-0.2, 0) is 5.88 Å². The van der Waals surface area contributed by atoms with Gasteiger partial charge in [0.2, 0.25) is 0 Å². The number of para-hydroxylation sites is 2. The fourth-order valence-corrected chi connectivity index (χ4v) is 1.36. The topological polar surface area (TPSA) is 44.5 Å². The van der Waals surface area contributed by atoms with Crippen molar-refractivity contribution in [1.29, 1.82) is 0 Å². The summed E-state index contributed by atoms with van der Waals surface area (Å²) >= 11 is 5.51. The van der Waals surface area contributed by atoms with E-state index in [0.29, 0.717) is 5.69 Å². The van der Waals surface area contributed by atoms with Gasteiger partial charge in [0.25, 0.3) is 0 Å². The zero-order valence-corrected chi connectivity index (χ0v) is 10.0. The summed E-state index contributed by atoms with van der Waals surface area (Å²) in [6.07, 6.45) is -3.78. The minimum atomic E-state index is -4.81. The molecule has 0 aliphatic rings. The van der Waals surface area contributed by atoms with Gasteiger partial charge >= 0.3 is 12.4 Å². The molecule has 1 aromatic heterocycles. The zero-order valence-electron chi connectivity index (χ0n) is 9.28. The molecule has 0 saturated carbocycles. The van der Waals surface area contributed by atoms with Gasteiger partial charge in [-0.1, -0.05) is 12.1 Å². The van der Waals surface area contributed by atoms with Crippen molar-refractivity contribution in [2.24, 2.45) is 0 Å². The molecule has 0 radical (unpaired) electrons. The summed E-state index contributed by atoms with van der Waals surface area (Å²) < 4.78 is 50.3. The highest BCUT2D eigenvalue weighted by Gasteiger charge is 2.32. The molecule has 2 aromatic rings. The number of nitrogens with zero attached hydrogens (tertiary/aromatic N) is 1. The van der Waals surface area contributed by atoms with Crippen molar-refractivity contribution in [1.82, 2.24) is 4.98 Å². The molecule has 0 spiro atoms. The fraction of sp³-hybridized carbons (Fsp3) is 0.182. The summed E-state index contributed by atoms with van der Waals surface area (Å²) in [6.45, 7) is 0. The third kappa shape index (κ3) is 3.78. The van der Waals surface area contributed by atoms with Crippen LogP contribution in [0.2, 0.25) is 0 Å². The van der Waals surface area contributed by atoms with Crippen molar-refractivity contribution >= 4 is 11.6 Å². The number of ether oxygens (including phenoxy) is 2. The molecule has 2 rings (SSSR count). The van der Waals surface area contributed by atoms with Crippen molar-refractivity contribution in [3.63, 3.8) is 0 Å².